The van der Waals surface area contributed by atoms with E-state index >= 15 is 0 Å². The summed E-state index contributed by atoms with van der Waals surface area (Å²) in [6.45, 7) is 4.66. The van der Waals surface area contributed by atoms with Crippen LogP contribution in [0.25, 0.3) is 10.6 Å². The fraction of sp³-hybridized carbons (Fsp3) is 0.444. The third-order valence-electron chi connectivity index (χ3n) is 4.58. The third-order valence-corrected chi connectivity index (χ3v) is 5.47. The van der Waals surface area contributed by atoms with Crippen molar-refractivity contribution >= 4 is 17.2 Å². The Balaban J connectivity index is 1.67. The highest BCUT2D eigenvalue weighted by Gasteiger charge is 2.30. The van der Waals surface area contributed by atoms with Crippen LogP contribution in [0.2, 0.25) is 0 Å². The molecule has 1 atom stereocenters. The SMILES string of the molecule is CCN1CCCC1CNC(=O)c1csc(-c2cccc(C(F)(F)F)c2)n1. The summed E-state index contributed by atoms with van der Waals surface area (Å²) in [5.74, 6) is -0.289. The number of rotatable bonds is 5. The Bertz CT molecular complexity index is 775. The summed E-state index contributed by atoms with van der Waals surface area (Å²) >= 11 is 1.16. The van der Waals surface area contributed by atoms with E-state index in [0.717, 1.165) is 49.4 Å². The minimum absolute atomic E-state index is 0.239. The van der Waals surface area contributed by atoms with Crippen LogP contribution in [0.5, 0.6) is 0 Å². The lowest BCUT2D eigenvalue weighted by Gasteiger charge is -2.22. The first-order valence-electron chi connectivity index (χ1n) is 8.54. The van der Waals surface area contributed by atoms with Crippen LogP contribution in [0.15, 0.2) is 29.6 Å². The van der Waals surface area contributed by atoms with E-state index in [1.807, 2.05) is 0 Å². The van der Waals surface area contributed by atoms with Crippen molar-refractivity contribution in [2.45, 2.75) is 32.0 Å². The molecule has 1 N–H and O–H groups in total. The molecular weight excluding hydrogens is 363 g/mol. The Labute approximate surface area is 154 Å². The van der Waals surface area contributed by atoms with Gasteiger partial charge < -0.3 is 5.32 Å². The molecule has 3 rings (SSSR count). The number of nitrogens with one attached hydrogen (secondary N) is 1. The van der Waals surface area contributed by atoms with Crippen molar-refractivity contribution in [2.75, 3.05) is 19.6 Å². The Morgan fingerprint density at radius 1 is 1.42 bits per heavy atom. The quantitative estimate of drug-likeness (QED) is 0.848. The van der Waals surface area contributed by atoms with Crippen LogP contribution >= 0.6 is 11.3 Å². The summed E-state index contributed by atoms with van der Waals surface area (Å²) in [6, 6.07) is 5.32. The fourth-order valence-corrected chi connectivity index (χ4v) is 3.98. The maximum atomic E-state index is 12.8. The molecular formula is C18H20F3N3OS. The molecule has 0 saturated carbocycles. The molecule has 1 aliphatic rings. The van der Waals surface area contributed by atoms with E-state index in [1.54, 1.807) is 11.4 Å². The lowest BCUT2D eigenvalue weighted by Crippen LogP contribution is -2.40. The number of nitrogens with zero attached hydrogens (tertiary/aromatic N) is 2. The van der Waals surface area contributed by atoms with Crippen LogP contribution in [-0.2, 0) is 6.18 Å². The maximum Gasteiger partial charge on any atom is 0.416 e. The van der Waals surface area contributed by atoms with E-state index in [0.29, 0.717) is 23.2 Å². The highest BCUT2D eigenvalue weighted by Crippen LogP contribution is 2.33. The van der Waals surface area contributed by atoms with E-state index in [1.165, 1.54) is 6.07 Å². The maximum absolute atomic E-state index is 12.8. The second kappa shape index (κ2) is 7.75. The predicted octanol–water partition coefficient (Wildman–Crippen LogP) is 4.04. The first kappa shape index (κ1) is 18.8. The molecule has 1 aromatic carbocycles. The number of hydrogen-bond donors (Lipinski definition) is 1. The van der Waals surface area contributed by atoms with Crippen molar-refractivity contribution < 1.29 is 18.0 Å². The molecule has 1 aliphatic heterocycles. The standard InChI is InChI=1S/C18H20F3N3OS/c1-2-24-8-4-7-14(24)10-22-16(25)15-11-26-17(23-15)12-5-3-6-13(9-12)18(19,20)21/h3,5-6,9,11,14H,2,4,7-8,10H2,1H3,(H,22,25). The normalized spacial score (nSPS) is 18.2. The monoisotopic (exact) mass is 383 g/mol. The van der Waals surface area contributed by atoms with Gasteiger partial charge in [-0.3, -0.25) is 9.69 Å². The number of benzene rings is 1. The molecule has 140 valence electrons. The smallest absolute Gasteiger partial charge is 0.349 e. The number of likely N-dealkylation sites (tertiary alicyclic amines) is 1. The van der Waals surface area contributed by atoms with E-state index in [2.05, 4.69) is 22.1 Å². The zero-order chi connectivity index (χ0) is 18.7. The third kappa shape index (κ3) is 4.24. The number of amides is 1. The van der Waals surface area contributed by atoms with Crippen molar-refractivity contribution in [3.63, 3.8) is 0 Å². The van der Waals surface area contributed by atoms with Gasteiger partial charge in [0.15, 0.2) is 0 Å². The minimum atomic E-state index is -4.40. The molecule has 1 unspecified atom stereocenters. The molecule has 0 aliphatic carbocycles. The molecule has 0 radical (unpaired) electrons. The lowest BCUT2D eigenvalue weighted by atomic mass is 10.1. The number of carbonyl (C=O) groups is 1. The molecule has 2 aromatic rings. The molecule has 1 fully saturated rings. The van der Waals surface area contributed by atoms with Gasteiger partial charge in [0.05, 0.1) is 5.56 Å². The number of aromatic nitrogens is 1. The van der Waals surface area contributed by atoms with Crippen molar-refractivity contribution in [1.82, 2.24) is 15.2 Å². The van der Waals surface area contributed by atoms with Crippen LogP contribution in [0.1, 0.15) is 35.8 Å². The molecule has 2 heterocycles. The van der Waals surface area contributed by atoms with Gasteiger partial charge in [0.2, 0.25) is 0 Å². The summed E-state index contributed by atoms with van der Waals surface area (Å²) in [7, 11) is 0. The van der Waals surface area contributed by atoms with Crippen LogP contribution < -0.4 is 5.32 Å². The molecule has 0 spiro atoms. The largest absolute Gasteiger partial charge is 0.416 e. The Morgan fingerprint density at radius 2 is 2.23 bits per heavy atom. The van der Waals surface area contributed by atoms with E-state index in [-0.39, 0.29) is 11.6 Å². The first-order chi connectivity index (χ1) is 12.4. The first-order valence-corrected chi connectivity index (χ1v) is 9.42. The van der Waals surface area contributed by atoms with Gasteiger partial charge in [0.25, 0.3) is 5.91 Å². The summed E-state index contributed by atoms with van der Waals surface area (Å²) in [4.78, 5) is 18.8. The zero-order valence-electron chi connectivity index (χ0n) is 14.3. The Hall–Kier alpha value is -1.93. The van der Waals surface area contributed by atoms with Gasteiger partial charge in [0, 0.05) is 23.5 Å². The highest BCUT2D eigenvalue weighted by atomic mass is 32.1. The topological polar surface area (TPSA) is 45.2 Å². The van der Waals surface area contributed by atoms with Gasteiger partial charge in [-0.15, -0.1) is 11.3 Å². The van der Waals surface area contributed by atoms with E-state index in [9.17, 15) is 18.0 Å². The number of carbonyl (C=O) groups excluding carboxylic acids is 1. The minimum Gasteiger partial charge on any atom is -0.349 e. The van der Waals surface area contributed by atoms with Gasteiger partial charge in [0.1, 0.15) is 10.7 Å². The molecule has 0 bridgehead atoms. The molecule has 1 saturated heterocycles. The summed E-state index contributed by atoms with van der Waals surface area (Å²) in [5.41, 5.74) is -0.127. The van der Waals surface area contributed by atoms with Gasteiger partial charge in [-0.25, -0.2) is 4.98 Å². The number of likely N-dealkylation sites (N-methyl/N-ethyl adjacent to an activating group) is 1. The molecule has 4 nitrogen and oxygen atoms in total. The summed E-state index contributed by atoms with van der Waals surface area (Å²) in [5, 5.41) is 4.87. The van der Waals surface area contributed by atoms with E-state index in [4.69, 9.17) is 0 Å². The van der Waals surface area contributed by atoms with Crippen LogP contribution in [0.3, 0.4) is 0 Å². The van der Waals surface area contributed by atoms with Crippen LogP contribution in [0.4, 0.5) is 13.2 Å². The molecule has 1 amide bonds. The average molecular weight is 383 g/mol. The van der Waals surface area contributed by atoms with Gasteiger partial charge in [-0.2, -0.15) is 13.2 Å². The van der Waals surface area contributed by atoms with Crippen molar-refractivity contribution in [2.24, 2.45) is 0 Å². The summed E-state index contributed by atoms with van der Waals surface area (Å²) < 4.78 is 38.5. The predicted molar refractivity (Wildman–Crippen MR) is 95.2 cm³/mol. The van der Waals surface area contributed by atoms with Crippen LogP contribution in [0, 0.1) is 0 Å². The van der Waals surface area contributed by atoms with Crippen molar-refractivity contribution in [3.05, 3.63) is 40.9 Å². The highest BCUT2D eigenvalue weighted by molar-refractivity contribution is 7.13. The van der Waals surface area contributed by atoms with Gasteiger partial charge in [-0.1, -0.05) is 19.1 Å². The lowest BCUT2D eigenvalue weighted by molar-refractivity contribution is -0.137. The number of hydrogen-bond acceptors (Lipinski definition) is 4. The second-order valence-electron chi connectivity index (χ2n) is 6.25. The molecule has 8 heteroatoms. The fourth-order valence-electron chi connectivity index (χ4n) is 3.18. The van der Waals surface area contributed by atoms with Gasteiger partial charge >= 0.3 is 6.18 Å². The molecule has 1 aromatic heterocycles. The summed E-state index contributed by atoms with van der Waals surface area (Å²) in [6.07, 6.45) is -2.22. The number of halogens is 3. The number of alkyl halides is 3. The number of thiazole rings is 1. The van der Waals surface area contributed by atoms with E-state index < -0.39 is 11.7 Å². The van der Waals surface area contributed by atoms with Crippen molar-refractivity contribution in [3.8, 4) is 10.6 Å². The Kier molecular flexibility index (Phi) is 5.62. The zero-order valence-corrected chi connectivity index (χ0v) is 15.2. The molecule has 26 heavy (non-hydrogen) atoms. The second-order valence-corrected chi connectivity index (χ2v) is 7.11. The average Bonchev–Trinajstić information content (AvgIpc) is 3.28. The Morgan fingerprint density at radius 3 is 2.96 bits per heavy atom. The van der Waals surface area contributed by atoms with Crippen molar-refractivity contribution in [1.29, 1.82) is 0 Å². The van der Waals surface area contributed by atoms with Crippen LogP contribution in [-0.4, -0.2) is 41.5 Å². The van der Waals surface area contributed by atoms with Gasteiger partial charge in [-0.05, 0) is 38.1 Å².